The number of hydrogen-bond acceptors (Lipinski definition) is 4. The summed E-state index contributed by atoms with van der Waals surface area (Å²) in [4.78, 5) is 35.2. The number of carboxylic acids is 1. The Morgan fingerprint density at radius 2 is 1.56 bits per heavy atom. The van der Waals surface area contributed by atoms with Gasteiger partial charge in [0, 0.05) is 18.9 Å². The second-order valence-corrected chi connectivity index (χ2v) is 8.58. The zero-order valence-corrected chi connectivity index (χ0v) is 18.5. The van der Waals surface area contributed by atoms with Crippen LogP contribution in [0, 0.1) is 11.8 Å². The molecular weight excluding hydrogens is 408 g/mol. The number of hydrogen-bond donors (Lipinski definition) is 3. The van der Waals surface area contributed by atoms with E-state index >= 15 is 0 Å². The van der Waals surface area contributed by atoms with Crippen molar-refractivity contribution in [1.29, 1.82) is 0 Å². The minimum Gasteiger partial charge on any atom is -0.481 e. The fourth-order valence-electron chi connectivity index (χ4n) is 4.28. The van der Waals surface area contributed by atoms with Crippen LogP contribution in [0.3, 0.4) is 0 Å². The zero-order valence-electron chi connectivity index (χ0n) is 18.5. The molecule has 170 valence electrons. The maximum absolute atomic E-state index is 12.2. The van der Waals surface area contributed by atoms with Gasteiger partial charge in [0.15, 0.2) is 0 Å². The highest BCUT2D eigenvalue weighted by Gasteiger charge is 2.29. The SMILES string of the molecule is CC(C)CC(CNC(=O)CNC(=O)OCC1c2ccccc2-c2ccccc21)CC(=O)O. The van der Waals surface area contributed by atoms with E-state index in [4.69, 9.17) is 9.84 Å². The number of fused-ring (bicyclic) bond motifs is 3. The van der Waals surface area contributed by atoms with Gasteiger partial charge in [0.1, 0.15) is 6.61 Å². The molecule has 0 saturated heterocycles. The number of carbonyl (C=O) groups is 3. The number of carbonyl (C=O) groups excluding carboxylic acids is 2. The van der Waals surface area contributed by atoms with E-state index in [2.05, 4.69) is 22.8 Å². The standard InChI is InChI=1S/C25H30N2O5/c1-16(2)11-17(12-24(29)30)13-26-23(28)14-27-25(31)32-15-22-20-9-5-3-7-18(20)19-8-4-6-10-21(19)22/h3-10,16-17,22H,11-15H2,1-2H3,(H,26,28)(H,27,31)(H,29,30). The van der Waals surface area contributed by atoms with Gasteiger partial charge in [0.05, 0.1) is 6.54 Å². The average Bonchev–Trinajstić information content (AvgIpc) is 3.07. The van der Waals surface area contributed by atoms with Crippen molar-refractivity contribution in [2.45, 2.75) is 32.6 Å². The van der Waals surface area contributed by atoms with Crippen molar-refractivity contribution in [3.8, 4) is 11.1 Å². The van der Waals surface area contributed by atoms with Crippen LogP contribution in [0.15, 0.2) is 48.5 Å². The van der Waals surface area contributed by atoms with Gasteiger partial charge in [-0.05, 0) is 40.5 Å². The maximum Gasteiger partial charge on any atom is 0.407 e. The third-order valence-electron chi connectivity index (χ3n) is 5.59. The molecule has 3 N–H and O–H groups in total. The van der Waals surface area contributed by atoms with Gasteiger partial charge in [-0.15, -0.1) is 0 Å². The lowest BCUT2D eigenvalue weighted by molar-refractivity contribution is -0.138. The molecule has 0 fully saturated rings. The summed E-state index contributed by atoms with van der Waals surface area (Å²) >= 11 is 0. The van der Waals surface area contributed by atoms with Gasteiger partial charge >= 0.3 is 12.1 Å². The van der Waals surface area contributed by atoms with Crippen LogP contribution in [0.25, 0.3) is 11.1 Å². The Morgan fingerprint density at radius 1 is 0.969 bits per heavy atom. The molecule has 0 saturated carbocycles. The first-order valence-corrected chi connectivity index (χ1v) is 10.9. The first kappa shape index (κ1) is 23.3. The third kappa shape index (κ3) is 6.09. The summed E-state index contributed by atoms with van der Waals surface area (Å²) in [5.41, 5.74) is 4.53. The maximum atomic E-state index is 12.2. The molecule has 0 heterocycles. The molecular formula is C25H30N2O5. The monoisotopic (exact) mass is 438 g/mol. The zero-order chi connectivity index (χ0) is 23.1. The number of aliphatic carboxylic acids is 1. The van der Waals surface area contributed by atoms with Gasteiger partial charge in [0.25, 0.3) is 0 Å². The van der Waals surface area contributed by atoms with E-state index in [0.717, 1.165) is 22.3 Å². The number of benzene rings is 2. The van der Waals surface area contributed by atoms with Crippen molar-refractivity contribution in [2.24, 2.45) is 11.8 Å². The fraction of sp³-hybridized carbons (Fsp3) is 0.400. The van der Waals surface area contributed by atoms with E-state index in [-0.39, 0.29) is 43.9 Å². The van der Waals surface area contributed by atoms with Gasteiger partial charge in [-0.1, -0.05) is 62.4 Å². The van der Waals surface area contributed by atoms with Crippen molar-refractivity contribution < 1.29 is 24.2 Å². The van der Waals surface area contributed by atoms with Crippen molar-refractivity contribution in [3.63, 3.8) is 0 Å². The Balaban J connectivity index is 1.46. The molecule has 0 aromatic heterocycles. The van der Waals surface area contributed by atoms with E-state index in [9.17, 15) is 14.4 Å². The molecule has 7 nitrogen and oxygen atoms in total. The van der Waals surface area contributed by atoms with E-state index in [1.54, 1.807) is 0 Å². The lowest BCUT2D eigenvalue weighted by Gasteiger charge is -2.18. The molecule has 1 atom stereocenters. The van der Waals surface area contributed by atoms with Crippen molar-refractivity contribution in [3.05, 3.63) is 59.7 Å². The first-order valence-electron chi connectivity index (χ1n) is 10.9. The van der Waals surface area contributed by atoms with Crippen LogP contribution in [-0.4, -0.2) is 42.8 Å². The minimum absolute atomic E-state index is 0.00172. The molecule has 3 rings (SSSR count). The Hall–Kier alpha value is -3.35. The van der Waals surface area contributed by atoms with Gasteiger partial charge in [-0.25, -0.2) is 4.79 Å². The predicted octanol–water partition coefficient (Wildman–Crippen LogP) is 3.78. The van der Waals surface area contributed by atoms with E-state index < -0.39 is 12.1 Å². The second kappa shape index (κ2) is 10.8. The van der Waals surface area contributed by atoms with Crippen LogP contribution in [-0.2, 0) is 14.3 Å². The quantitative estimate of drug-likeness (QED) is 0.524. The van der Waals surface area contributed by atoms with Crippen molar-refractivity contribution in [2.75, 3.05) is 19.7 Å². The normalized spacial score (nSPS) is 13.2. The topological polar surface area (TPSA) is 105 Å². The molecule has 32 heavy (non-hydrogen) atoms. The smallest absolute Gasteiger partial charge is 0.407 e. The van der Waals surface area contributed by atoms with Crippen LogP contribution < -0.4 is 10.6 Å². The Kier molecular flexibility index (Phi) is 7.87. The second-order valence-electron chi connectivity index (χ2n) is 8.58. The number of nitrogens with one attached hydrogen (secondary N) is 2. The van der Waals surface area contributed by atoms with Crippen LogP contribution in [0.4, 0.5) is 4.79 Å². The summed E-state index contributed by atoms with van der Waals surface area (Å²) in [5, 5.41) is 14.2. The Bertz CT molecular complexity index is 927. The molecule has 0 aliphatic heterocycles. The van der Waals surface area contributed by atoms with Crippen LogP contribution in [0.2, 0.25) is 0 Å². The largest absolute Gasteiger partial charge is 0.481 e. The molecule has 1 aliphatic carbocycles. The van der Waals surface area contributed by atoms with E-state index in [1.807, 2.05) is 50.2 Å². The molecule has 2 aromatic rings. The summed E-state index contributed by atoms with van der Waals surface area (Å²) < 4.78 is 5.41. The van der Waals surface area contributed by atoms with Crippen LogP contribution >= 0.6 is 0 Å². The highest BCUT2D eigenvalue weighted by molar-refractivity contribution is 5.82. The summed E-state index contributed by atoms with van der Waals surface area (Å²) in [6.45, 7) is 4.23. The predicted molar refractivity (Wildman–Crippen MR) is 121 cm³/mol. The Labute approximate surface area is 188 Å². The van der Waals surface area contributed by atoms with Crippen LogP contribution in [0.1, 0.15) is 43.7 Å². The highest BCUT2D eigenvalue weighted by Crippen LogP contribution is 2.44. The highest BCUT2D eigenvalue weighted by atomic mass is 16.5. The summed E-state index contributed by atoms with van der Waals surface area (Å²) in [5.74, 6) is -1.13. The average molecular weight is 439 g/mol. The fourth-order valence-corrected chi connectivity index (χ4v) is 4.28. The summed E-state index contributed by atoms with van der Waals surface area (Å²) in [7, 11) is 0. The molecule has 2 aromatic carbocycles. The Morgan fingerprint density at radius 3 is 2.12 bits per heavy atom. The van der Waals surface area contributed by atoms with Gasteiger partial charge in [-0.2, -0.15) is 0 Å². The lowest BCUT2D eigenvalue weighted by Crippen LogP contribution is -2.39. The van der Waals surface area contributed by atoms with Gasteiger partial charge < -0.3 is 20.5 Å². The number of rotatable bonds is 10. The van der Waals surface area contributed by atoms with Crippen molar-refractivity contribution >= 4 is 18.0 Å². The van der Waals surface area contributed by atoms with Gasteiger partial charge in [-0.3, -0.25) is 9.59 Å². The molecule has 1 aliphatic rings. The first-order chi connectivity index (χ1) is 15.3. The number of ether oxygens (including phenoxy) is 1. The molecule has 0 bridgehead atoms. The molecule has 0 radical (unpaired) electrons. The number of alkyl carbamates (subject to hydrolysis) is 1. The lowest BCUT2D eigenvalue weighted by atomic mass is 9.94. The summed E-state index contributed by atoms with van der Waals surface area (Å²) in [6, 6.07) is 16.1. The molecule has 0 spiro atoms. The van der Waals surface area contributed by atoms with Crippen molar-refractivity contribution in [1.82, 2.24) is 10.6 Å². The van der Waals surface area contributed by atoms with E-state index in [0.29, 0.717) is 12.3 Å². The van der Waals surface area contributed by atoms with Gasteiger partial charge in [0.2, 0.25) is 5.91 Å². The third-order valence-corrected chi connectivity index (χ3v) is 5.59. The number of amides is 2. The minimum atomic E-state index is -0.887. The van der Waals surface area contributed by atoms with E-state index in [1.165, 1.54) is 0 Å². The molecule has 1 unspecified atom stereocenters. The summed E-state index contributed by atoms with van der Waals surface area (Å²) in [6.07, 6.45) is 0.0382. The van der Waals surface area contributed by atoms with Crippen LogP contribution in [0.5, 0.6) is 0 Å². The molecule has 7 heteroatoms. The number of carboxylic acid groups (broad SMARTS) is 1. The molecule has 2 amide bonds.